The molecule has 1 aliphatic rings. The summed E-state index contributed by atoms with van der Waals surface area (Å²) in [6.45, 7) is 4.94. The summed E-state index contributed by atoms with van der Waals surface area (Å²) < 4.78 is 0. The first kappa shape index (κ1) is 13.6. The Morgan fingerprint density at radius 1 is 1.47 bits per heavy atom. The van der Waals surface area contributed by atoms with Gasteiger partial charge in [0.15, 0.2) is 0 Å². The van der Waals surface area contributed by atoms with Gasteiger partial charge in [0, 0.05) is 12.1 Å². The average molecular weight is 257 g/mol. The number of amides is 1. The fourth-order valence-corrected chi connectivity index (χ4v) is 2.16. The zero-order valence-corrected chi connectivity index (χ0v) is 11.4. The fourth-order valence-electron chi connectivity index (χ4n) is 2.16. The van der Waals surface area contributed by atoms with E-state index in [4.69, 9.17) is 5.11 Å². The van der Waals surface area contributed by atoms with Crippen molar-refractivity contribution in [3.63, 3.8) is 0 Å². The molecule has 3 heteroatoms. The van der Waals surface area contributed by atoms with E-state index >= 15 is 0 Å². The lowest BCUT2D eigenvalue weighted by molar-refractivity contribution is 0.0950. The molecule has 0 aliphatic heterocycles. The van der Waals surface area contributed by atoms with Crippen LogP contribution in [0.1, 0.15) is 36.2 Å². The van der Waals surface area contributed by atoms with Crippen LogP contribution in [0.25, 0.3) is 0 Å². The molecule has 1 amide bonds. The number of carbonyl (C=O) groups is 1. The number of carbonyl (C=O) groups excluding carboxylic acids is 1. The summed E-state index contributed by atoms with van der Waals surface area (Å²) in [7, 11) is 0. The monoisotopic (exact) mass is 257 g/mol. The molecule has 1 aromatic carbocycles. The van der Waals surface area contributed by atoms with Gasteiger partial charge in [-0.15, -0.1) is 0 Å². The van der Waals surface area contributed by atoms with Gasteiger partial charge in [0.2, 0.25) is 0 Å². The summed E-state index contributed by atoms with van der Waals surface area (Å²) in [6.07, 6.45) is 1.17. The Morgan fingerprint density at radius 2 is 2.16 bits per heavy atom. The third kappa shape index (κ3) is 3.36. The summed E-state index contributed by atoms with van der Waals surface area (Å²) >= 11 is 0. The molecule has 0 heterocycles. The standard InChI is InChI=1S/C16H19NO2/c1-16(2)10-13(16)11-17-15(19)14-8-4-3-6-12(14)7-5-9-18/h3-4,6,8,13,18H,9-11H2,1-2H3,(H,17,19). The summed E-state index contributed by atoms with van der Waals surface area (Å²) in [5.41, 5.74) is 1.59. The highest BCUT2D eigenvalue weighted by Crippen LogP contribution is 2.50. The second kappa shape index (κ2) is 5.46. The molecule has 1 atom stereocenters. The molecule has 1 aliphatic carbocycles. The molecule has 0 aromatic heterocycles. The lowest BCUT2D eigenvalue weighted by Gasteiger charge is -2.08. The van der Waals surface area contributed by atoms with Crippen LogP contribution >= 0.6 is 0 Å². The van der Waals surface area contributed by atoms with Gasteiger partial charge in [-0.3, -0.25) is 4.79 Å². The molecule has 1 fully saturated rings. The van der Waals surface area contributed by atoms with Crippen LogP contribution in [-0.4, -0.2) is 24.2 Å². The second-order valence-corrected chi connectivity index (χ2v) is 5.61. The van der Waals surface area contributed by atoms with Gasteiger partial charge >= 0.3 is 0 Å². The number of aliphatic hydroxyl groups is 1. The molecule has 0 spiro atoms. The van der Waals surface area contributed by atoms with E-state index in [1.54, 1.807) is 12.1 Å². The van der Waals surface area contributed by atoms with Crippen LogP contribution < -0.4 is 5.32 Å². The molecule has 2 rings (SSSR count). The molecule has 0 radical (unpaired) electrons. The van der Waals surface area contributed by atoms with Crippen molar-refractivity contribution in [3.05, 3.63) is 35.4 Å². The van der Waals surface area contributed by atoms with Crippen LogP contribution in [0.15, 0.2) is 24.3 Å². The van der Waals surface area contributed by atoms with Gasteiger partial charge in [-0.1, -0.05) is 37.8 Å². The third-order valence-electron chi connectivity index (χ3n) is 3.70. The van der Waals surface area contributed by atoms with E-state index in [-0.39, 0.29) is 12.5 Å². The van der Waals surface area contributed by atoms with Crippen molar-refractivity contribution in [2.45, 2.75) is 20.3 Å². The topological polar surface area (TPSA) is 49.3 Å². The van der Waals surface area contributed by atoms with E-state index in [1.807, 2.05) is 12.1 Å². The highest BCUT2D eigenvalue weighted by molar-refractivity contribution is 5.96. The van der Waals surface area contributed by atoms with Gasteiger partial charge in [0.1, 0.15) is 6.61 Å². The van der Waals surface area contributed by atoms with E-state index < -0.39 is 0 Å². The molecule has 19 heavy (non-hydrogen) atoms. The Hall–Kier alpha value is -1.79. The molecular formula is C16H19NO2. The number of hydrogen-bond acceptors (Lipinski definition) is 2. The summed E-state index contributed by atoms with van der Waals surface area (Å²) in [5.74, 6) is 5.86. The molecular weight excluding hydrogens is 238 g/mol. The van der Waals surface area contributed by atoms with E-state index in [2.05, 4.69) is 31.0 Å². The third-order valence-corrected chi connectivity index (χ3v) is 3.70. The van der Waals surface area contributed by atoms with Crippen LogP contribution in [0.3, 0.4) is 0 Å². The van der Waals surface area contributed by atoms with Crippen molar-refractivity contribution in [3.8, 4) is 11.8 Å². The maximum Gasteiger partial charge on any atom is 0.252 e. The minimum Gasteiger partial charge on any atom is -0.384 e. The molecule has 0 bridgehead atoms. The Labute approximate surface area is 114 Å². The quantitative estimate of drug-likeness (QED) is 0.811. The van der Waals surface area contributed by atoms with Gasteiger partial charge in [0.25, 0.3) is 5.91 Å². The Kier molecular flexibility index (Phi) is 3.92. The maximum atomic E-state index is 12.1. The fraction of sp³-hybridized carbons (Fsp3) is 0.438. The zero-order chi connectivity index (χ0) is 13.9. The first-order chi connectivity index (χ1) is 9.04. The first-order valence-electron chi connectivity index (χ1n) is 6.51. The largest absolute Gasteiger partial charge is 0.384 e. The number of aliphatic hydroxyl groups excluding tert-OH is 1. The second-order valence-electron chi connectivity index (χ2n) is 5.61. The van der Waals surface area contributed by atoms with Crippen molar-refractivity contribution in [2.75, 3.05) is 13.2 Å². The molecule has 0 saturated heterocycles. The molecule has 1 saturated carbocycles. The van der Waals surface area contributed by atoms with E-state index in [0.29, 0.717) is 29.0 Å². The minimum atomic E-state index is -0.202. The minimum absolute atomic E-state index is 0.0921. The Bertz CT molecular complexity index is 537. The lowest BCUT2D eigenvalue weighted by atomic mass is 10.1. The van der Waals surface area contributed by atoms with Crippen molar-refractivity contribution in [1.82, 2.24) is 5.32 Å². The van der Waals surface area contributed by atoms with Crippen LogP contribution in [-0.2, 0) is 0 Å². The van der Waals surface area contributed by atoms with Gasteiger partial charge in [-0.25, -0.2) is 0 Å². The van der Waals surface area contributed by atoms with Crippen LogP contribution in [0, 0.1) is 23.2 Å². The van der Waals surface area contributed by atoms with Crippen molar-refractivity contribution >= 4 is 5.91 Å². The Balaban J connectivity index is 2.02. The number of benzene rings is 1. The smallest absolute Gasteiger partial charge is 0.252 e. The van der Waals surface area contributed by atoms with Gasteiger partial charge in [-0.2, -0.15) is 0 Å². The number of nitrogens with one attached hydrogen (secondary N) is 1. The molecule has 1 aromatic rings. The summed E-state index contributed by atoms with van der Waals surface area (Å²) in [5, 5.41) is 11.7. The van der Waals surface area contributed by atoms with Gasteiger partial charge < -0.3 is 10.4 Å². The first-order valence-corrected chi connectivity index (χ1v) is 6.51. The zero-order valence-electron chi connectivity index (χ0n) is 11.4. The van der Waals surface area contributed by atoms with Gasteiger partial charge in [0.05, 0.1) is 5.56 Å². The number of hydrogen-bond donors (Lipinski definition) is 2. The van der Waals surface area contributed by atoms with Crippen molar-refractivity contribution < 1.29 is 9.90 Å². The van der Waals surface area contributed by atoms with Crippen molar-refractivity contribution in [1.29, 1.82) is 0 Å². The molecule has 3 nitrogen and oxygen atoms in total. The van der Waals surface area contributed by atoms with Crippen molar-refractivity contribution in [2.24, 2.45) is 11.3 Å². The highest BCUT2D eigenvalue weighted by Gasteiger charge is 2.45. The van der Waals surface area contributed by atoms with Crippen LogP contribution in [0.5, 0.6) is 0 Å². The normalized spacial score (nSPS) is 19.2. The van der Waals surface area contributed by atoms with E-state index in [0.717, 1.165) is 0 Å². The number of rotatable bonds is 3. The molecule has 2 N–H and O–H groups in total. The summed E-state index contributed by atoms with van der Waals surface area (Å²) in [6, 6.07) is 7.20. The predicted molar refractivity (Wildman–Crippen MR) is 74.6 cm³/mol. The molecule has 1 unspecified atom stereocenters. The summed E-state index contributed by atoms with van der Waals surface area (Å²) in [4.78, 5) is 12.1. The highest BCUT2D eigenvalue weighted by atomic mass is 16.2. The SMILES string of the molecule is CC1(C)CC1CNC(=O)c1ccccc1C#CCO. The lowest BCUT2D eigenvalue weighted by Crippen LogP contribution is -2.27. The van der Waals surface area contributed by atoms with Gasteiger partial charge in [-0.05, 0) is 29.9 Å². The maximum absolute atomic E-state index is 12.1. The predicted octanol–water partition coefficient (Wildman–Crippen LogP) is 1.81. The average Bonchev–Trinajstić information content (AvgIpc) is 3.01. The Morgan fingerprint density at radius 3 is 2.79 bits per heavy atom. The van der Waals surface area contributed by atoms with E-state index in [1.165, 1.54) is 6.42 Å². The van der Waals surface area contributed by atoms with E-state index in [9.17, 15) is 4.79 Å². The molecule has 100 valence electrons. The van der Waals surface area contributed by atoms with Crippen LogP contribution in [0.4, 0.5) is 0 Å². The van der Waals surface area contributed by atoms with Crippen LogP contribution in [0.2, 0.25) is 0 Å².